The molecule has 0 spiro atoms. The number of likely N-dealkylation sites (tertiary alicyclic amines) is 1. The van der Waals surface area contributed by atoms with Gasteiger partial charge in [-0.05, 0) is 62.0 Å². The Morgan fingerprint density at radius 1 is 1.25 bits per heavy atom. The van der Waals surface area contributed by atoms with Crippen LogP contribution in [-0.4, -0.2) is 58.6 Å². The van der Waals surface area contributed by atoms with Gasteiger partial charge in [-0.25, -0.2) is 9.78 Å². The number of hydrogen-bond donors (Lipinski definition) is 2. The van der Waals surface area contributed by atoms with Gasteiger partial charge >= 0.3 is 6.09 Å². The largest absolute Gasteiger partial charge is 0.444 e. The van der Waals surface area contributed by atoms with Crippen LogP contribution >= 0.6 is 15.9 Å². The van der Waals surface area contributed by atoms with E-state index in [9.17, 15) is 14.4 Å². The van der Waals surface area contributed by atoms with Gasteiger partial charge in [0.05, 0.1) is 13.2 Å². The van der Waals surface area contributed by atoms with Crippen molar-refractivity contribution in [3.8, 4) is 0 Å². The number of aromatic nitrogens is 1. The summed E-state index contributed by atoms with van der Waals surface area (Å²) in [5.41, 5.74) is -0.369. The standard InChI is InChI=1S/C26H35BrN4O5/c1-6-8-9-21(32)28-16-26-13-18(31(19(26)14-26)24(34)36-25(3,4)5)23(33)30-22-17(15-35-12-7-2)10-11-20(27)29-22/h6-7,10-11,18-19H,1-2,8-9,12-16H2,3-5H3,(H,28,32)(H,29,30,33)/t18-,19?,26?/m0/s1. The van der Waals surface area contributed by atoms with Gasteiger partial charge in [-0.1, -0.05) is 18.2 Å². The van der Waals surface area contributed by atoms with Crippen LogP contribution in [-0.2, 0) is 25.7 Å². The average molecular weight is 563 g/mol. The van der Waals surface area contributed by atoms with Gasteiger partial charge in [0.25, 0.3) is 0 Å². The Balaban J connectivity index is 1.78. The molecule has 10 heteroatoms. The molecule has 9 nitrogen and oxygen atoms in total. The molecule has 1 aromatic rings. The van der Waals surface area contributed by atoms with E-state index < -0.39 is 17.7 Å². The summed E-state index contributed by atoms with van der Waals surface area (Å²) in [7, 11) is 0. The second-order valence-electron chi connectivity index (χ2n) is 10.2. The first-order valence-electron chi connectivity index (χ1n) is 12.0. The van der Waals surface area contributed by atoms with E-state index >= 15 is 0 Å². The maximum Gasteiger partial charge on any atom is 0.411 e. The molecule has 2 heterocycles. The number of piperidine rings is 1. The summed E-state index contributed by atoms with van der Waals surface area (Å²) in [6.45, 7) is 13.6. The van der Waals surface area contributed by atoms with Gasteiger partial charge in [-0.15, -0.1) is 13.2 Å². The lowest BCUT2D eigenvalue weighted by atomic mass is 9.99. The van der Waals surface area contributed by atoms with Crippen molar-refractivity contribution in [2.75, 3.05) is 18.5 Å². The summed E-state index contributed by atoms with van der Waals surface area (Å²) in [6.07, 6.45) is 4.87. The molecule has 196 valence electrons. The molecule has 3 rings (SSSR count). The predicted molar refractivity (Wildman–Crippen MR) is 140 cm³/mol. The van der Waals surface area contributed by atoms with Crippen LogP contribution in [0.1, 0.15) is 52.0 Å². The Labute approximate surface area is 220 Å². The summed E-state index contributed by atoms with van der Waals surface area (Å²) in [5.74, 6) is -0.0786. The fourth-order valence-corrected chi connectivity index (χ4v) is 4.74. The molecule has 2 aliphatic rings. The van der Waals surface area contributed by atoms with Crippen molar-refractivity contribution >= 4 is 39.7 Å². The van der Waals surface area contributed by atoms with E-state index in [0.717, 1.165) is 0 Å². The van der Waals surface area contributed by atoms with Crippen LogP contribution in [0, 0.1) is 5.41 Å². The molecule has 1 aromatic heterocycles. The molecule has 2 unspecified atom stereocenters. The Kier molecular flexibility index (Phi) is 8.94. The van der Waals surface area contributed by atoms with Crippen molar-refractivity contribution < 1.29 is 23.9 Å². The number of nitrogens with one attached hydrogen (secondary N) is 2. The van der Waals surface area contributed by atoms with Crippen LogP contribution in [0.3, 0.4) is 0 Å². The Morgan fingerprint density at radius 3 is 2.67 bits per heavy atom. The van der Waals surface area contributed by atoms with Crippen molar-refractivity contribution in [3.63, 3.8) is 0 Å². The van der Waals surface area contributed by atoms with Crippen LogP contribution in [0.5, 0.6) is 0 Å². The van der Waals surface area contributed by atoms with E-state index in [0.29, 0.717) is 54.8 Å². The molecule has 2 fully saturated rings. The molecule has 1 aliphatic carbocycles. The smallest absolute Gasteiger partial charge is 0.411 e. The van der Waals surface area contributed by atoms with E-state index in [2.05, 4.69) is 44.7 Å². The number of rotatable bonds is 11. The number of hydrogen-bond acceptors (Lipinski definition) is 6. The highest BCUT2D eigenvalue weighted by molar-refractivity contribution is 9.10. The van der Waals surface area contributed by atoms with Gasteiger partial charge in [0.2, 0.25) is 11.8 Å². The quantitative estimate of drug-likeness (QED) is 0.236. The van der Waals surface area contributed by atoms with Crippen molar-refractivity contribution in [3.05, 3.63) is 47.6 Å². The van der Waals surface area contributed by atoms with Crippen molar-refractivity contribution in [2.45, 2.75) is 70.7 Å². The Morgan fingerprint density at radius 2 is 2.00 bits per heavy atom. The van der Waals surface area contributed by atoms with Gasteiger partial charge in [0, 0.05) is 30.0 Å². The molecule has 0 bridgehead atoms. The third kappa shape index (κ3) is 6.94. The third-order valence-corrected chi connectivity index (χ3v) is 6.66. The van der Waals surface area contributed by atoms with Crippen molar-refractivity contribution in [2.24, 2.45) is 5.41 Å². The molecule has 0 aromatic carbocycles. The summed E-state index contributed by atoms with van der Waals surface area (Å²) in [5, 5.41) is 5.85. The number of anilines is 1. The van der Waals surface area contributed by atoms with Gasteiger partial charge in [0.1, 0.15) is 22.1 Å². The fraction of sp³-hybridized carbons (Fsp3) is 0.538. The average Bonchev–Trinajstić information content (AvgIpc) is 3.40. The number of nitrogens with zero attached hydrogens (tertiary/aromatic N) is 2. The zero-order chi connectivity index (χ0) is 26.5. The number of carbonyl (C=O) groups is 3. The lowest BCUT2D eigenvalue weighted by molar-refractivity contribution is -0.121. The van der Waals surface area contributed by atoms with Gasteiger partial charge in [-0.3, -0.25) is 14.5 Å². The molecule has 3 amide bonds. The Hall–Kier alpha value is -2.72. The molecule has 3 atom stereocenters. The second kappa shape index (κ2) is 11.6. The summed E-state index contributed by atoms with van der Waals surface area (Å²) in [4.78, 5) is 44.8. The number of halogens is 1. The Bertz CT molecular complexity index is 1020. The minimum Gasteiger partial charge on any atom is -0.444 e. The van der Waals surface area contributed by atoms with Crippen molar-refractivity contribution in [1.29, 1.82) is 0 Å². The fourth-order valence-electron chi connectivity index (χ4n) is 4.43. The molecule has 1 saturated heterocycles. The van der Waals surface area contributed by atoms with E-state index in [1.54, 1.807) is 39.0 Å². The topological polar surface area (TPSA) is 110 Å². The minimum absolute atomic E-state index is 0.0749. The normalized spacial score (nSPS) is 22.4. The summed E-state index contributed by atoms with van der Waals surface area (Å²) >= 11 is 3.35. The maximum atomic E-state index is 13.5. The number of ether oxygens (including phenoxy) is 2. The third-order valence-electron chi connectivity index (χ3n) is 6.22. The molecule has 2 N–H and O–H groups in total. The first-order chi connectivity index (χ1) is 17.0. The van der Waals surface area contributed by atoms with Crippen LogP contribution in [0.25, 0.3) is 0 Å². The molecular formula is C26H35BrN4O5. The van der Waals surface area contributed by atoms with E-state index in [4.69, 9.17) is 9.47 Å². The van der Waals surface area contributed by atoms with Crippen LogP contribution in [0.4, 0.5) is 10.6 Å². The number of amides is 3. The molecule has 1 saturated carbocycles. The first-order valence-corrected chi connectivity index (χ1v) is 12.8. The van der Waals surface area contributed by atoms with Gasteiger partial charge in [0.15, 0.2) is 0 Å². The summed E-state index contributed by atoms with van der Waals surface area (Å²) in [6, 6.07) is 2.64. The zero-order valence-corrected chi connectivity index (χ0v) is 22.7. The van der Waals surface area contributed by atoms with E-state index in [1.165, 1.54) is 4.90 Å². The molecular weight excluding hydrogens is 528 g/mol. The lowest BCUT2D eigenvalue weighted by Gasteiger charge is -2.29. The molecule has 0 radical (unpaired) electrons. The highest BCUT2D eigenvalue weighted by atomic mass is 79.9. The van der Waals surface area contributed by atoms with Crippen LogP contribution < -0.4 is 10.6 Å². The maximum absolute atomic E-state index is 13.5. The highest BCUT2D eigenvalue weighted by Crippen LogP contribution is 2.59. The van der Waals surface area contributed by atoms with E-state index in [1.807, 2.05) is 6.07 Å². The lowest BCUT2D eigenvalue weighted by Crippen LogP contribution is -2.47. The number of pyridine rings is 1. The van der Waals surface area contributed by atoms with Gasteiger partial charge in [-0.2, -0.15) is 0 Å². The monoisotopic (exact) mass is 562 g/mol. The van der Waals surface area contributed by atoms with Crippen LogP contribution in [0.15, 0.2) is 42.0 Å². The van der Waals surface area contributed by atoms with Gasteiger partial charge < -0.3 is 20.1 Å². The first kappa shape index (κ1) is 27.9. The minimum atomic E-state index is -0.758. The second-order valence-corrected chi connectivity index (χ2v) is 11.0. The zero-order valence-electron chi connectivity index (χ0n) is 21.1. The SMILES string of the molecule is C=CCCC(=O)NCC12CC1N(C(=O)OC(C)(C)C)[C@H](C(=O)Nc1nc(Br)ccc1COCC=C)C2. The summed E-state index contributed by atoms with van der Waals surface area (Å²) < 4.78 is 11.7. The van der Waals surface area contributed by atoms with E-state index in [-0.39, 0.29) is 29.9 Å². The highest BCUT2D eigenvalue weighted by Gasteiger charge is 2.67. The van der Waals surface area contributed by atoms with Crippen molar-refractivity contribution in [1.82, 2.24) is 15.2 Å². The predicted octanol–water partition coefficient (Wildman–Crippen LogP) is 4.34. The molecule has 1 aliphatic heterocycles. The number of fused-ring (bicyclic) bond motifs is 1. The molecule has 36 heavy (non-hydrogen) atoms. The number of allylic oxidation sites excluding steroid dienone is 1. The van der Waals surface area contributed by atoms with Crippen LogP contribution in [0.2, 0.25) is 0 Å². The number of carbonyl (C=O) groups excluding carboxylic acids is 3.